The van der Waals surface area contributed by atoms with Crippen molar-refractivity contribution in [1.82, 2.24) is 4.90 Å². The Morgan fingerprint density at radius 3 is 2.36 bits per heavy atom. The van der Waals surface area contributed by atoms with Gasteiger partial charge in [0.05, 0.1) is 6.10 Å². The van der Waals surface area contributed by atoms with E-state index in [0.29, 0.717) is 19.6 Å². The summed E-state index contributed by atoms with van der Waals surface area (Å²) in [5.41, 5.74) is 8.17. The van der Waals surface area contributed by atoms with Gasteiger partial charge in [-0.3, -0.25) is 0 Å². The summed E-state index contributed by atoms with van der Waals surface area (Å²) in [6.07, 6.45) is 0.423. The molecule has 0 saturated carbocycles. The number of hydrogen-bond donors (Lipinski definition) is 0. The predicted octanol–water partition coefficient (Wildman–Crippen LogP) is 4.94. The van der Waals surface area contributed by atoms with Crippen LogP contribution in [0.5, 0.6) is 0 Å². The lowest BCUT2D eigenvalue weighted by Crippen LogP contribution is -2.53. The highest BCUT2D eigenvalue weighted by molar-refractivity contribution is 6.74. The van der Waals surface area contributed by atoms with Crippen molar-refractivity contribution in [2.75, 3.05) is 19.6 Å². The van der Waals surface area contributed by atoms with Crippen LogP contribution < -0.4 is 0 Å². The Balaban J connectivity index is 2.86. The maximum Gasteiger partial charge on any atom is 0.410 e. The number of carbonyl (C=O) groups excluding carboxylic acids is 1. The van der Waals surface area contributed by atoms with Gasteiger partial charge in [0.15, 0.2) is 8.32 Å². The molecule has 0 aromatic rings. The van der Waals surface area contributed by atoms with Gasteiger partial charge in [-0.15, -0.1) is 0 Å². The Morgan fingerprint density at radius 2 is 1.88 bits per heavy atom. The number of carbonyl (C=O) groups is 1. The minimum atomic E-state index is -1.93. The second kappa shape index (κ2) is 7.97. The fourth-order valence-corrected chi connectivity index (χ4v) is 3.95. The van der Waals surface area contributed by atoms with E-state index in [1.807, 2.05) is 20.8 Å². The molecule has 1 saturated heterocycles. The van der Waals surface area contributed by atoms with Crippen molar-refractivity contribution in [2.24, 2.45) is 11.0 Å². The van der Waals surface area contributed by atoms with Crippen LogP contribution in [0.25, 0.3) is 10.4 Å². The summed E-state index contributed by atoms with van der Waals surface area (Å²) < 4.78 is 12.0. The average Bonchev–Trinajstić information content (AvgIpc) is 2.42. The van der Waals surface area contributed by atoms with E-state index in [-0.39, 0.29) is 23.2 Å². The molecule has 2 atom stereocenters. The van der Waals surface area contributed by atoms with E-state index < -0.39 is 13.9 Å². The summed E-state index contributed by atoms with van der Waals surface area (Å²) in [6, 6.07) is 0. The van der Waals surface area contributed by atoms with Gasteiger partial charge in [-0.25, -0.2) is 4.79 Å². The zero-order chi connectivity index (χ0) is 19.5. The molecule has 144 valence electrons. The first-order chi connectivity index (χ1) is 11.3. The van der Waals surface area contributed by atoms with Crippen LogP contribution in [0.4, 0.5) is 4.79 Å². The van der Waals surface area contributed by atoms with E-state index >= 15 is 0 Å². The molecular formula is C17H34N4O3Si. The van der Waals surface area contributed by atoms with E-state index in [9.17, 15) is 4.79 Å². The molecule has 0 bridgehead atoms. The summed E-state index contributed by atoms with van der Waals surface area (Å²) in [6.45, 7) is 18.0. The normalized spacial score (nSPS) is 22.3. The monoisotopic (exact) mass is 370 g/mol. The number of rotatable bonds is 4. The SMILES string of the molecule is CC(C)(C)OC(=O)N1CC[C@H](O[Si](C)(C)C(C)(C)C)C(CN=[N+]=[N-])C1. The van der Waals surface area contributed by atoms with Crippen LogP contribution in [0.15, 0.2) is 5.11 Å². The fraction of sp³-hybridized carbons (Fsp3) is 0.941. The predicted molar refractivity (Wildman–Crippen MR) is 102 cm³/mol. The first-order valence-electron chi connectivity index (χ1n) is 8.93. The lowest BCUT2D eigenvalue weighted by molar-refractivity contribution is -0.00360. The number of ether oxygens (including phenoxy) is 1. The smallest absolute Gasteiger partial charge is 0.410 e. The molecule has 0 spiro atoms. The molecule has 25 heavy (non-hydrogen) atoms. The molecule has 0 radical (unpaired) electrons. The number of amides is 1. The maximum atomic E-state index is 12.4. The minimum Gasteiger partial charge on any atom is -0.444 e. The van der Waals surface area contributed by atoms with Gasteiger partial charge in [-0.2, -0.15) is 0 Å². The van der Waals surface area contributed by atoms with Crippen LogP contribution in [0.2, 0.25) is 18.1 Å². The Morgan fingerprint density at radius 1 is 1.28 bits per heavy atom. The molecule has 0 aromatic heterocycles. The molecule has 1 fully saturated rings. The molecular weight excluding hydrogens is 336 g/mol. The molecule has 0 aliphatic carbocycles. The summed E-state index contributed by atoms with van der Waals surface area (Å²) in [4.78, 5) is 16.9. The van der Waals surface area contributed by atoms with Crippen molar-refractivity contribution >= 4 is 14.4 Å². The van der Waals surface area contributed by atoms with Crippen molar-refractivity contribution in [3.63, 3.8) is 0 Å². The third-order valence-electron chi connectivity index (χ3n) is 4.95. The van der Waals surface area contributed by atoms with Gasteiger partial charge in [-0.05, 0) is 50.9 Å². The fourth-order valence-electron chi connectivity index (χ4n) is 2.53. The third-order valence-corrected chi connectivity index (χ3v) is 9.45. The van der Waals surface area contributed by atoms with Gasteiger partial charge >= 0.3 is 6.09 Å². The van der Waals surface area contributed by atoms with Crippen LogP contribution >= 0.6 is 0 Å². The number of hydrogen-bond acceptors (Lipinski definition) is 4. The second-order valence-electron chi connectivity index (χ2n) is 9.31. The lowest BCUT2D eigenvalue weighted by atomic mass is 9.95. The highest BCUT2D eigenvalue weighted by Gasteiger charge is 2.42. The molecule has 1 unspecified atom stereocenters. The van der Waals surface area contributed by atoms with Crippen LogP contribution in [0, 0.1) is 5.92 Å². The molecule has 7 nitrogen and oxygen atoms in total. The zero-order valence-corrected chi connectivity index (χ0v) is 18.0. The van der Waals surface area contributed by atoms with Crippen molar-refractivity contribution in [3.8, 4) is 0 Å². The Bertz CT molecular complexity index is 519. The topological polar surface area (TPSA) is 87.5 Å². The lowest BCUT2D eigenvalue weighted by Gasteiger charge is -2.45. The van der Waals surface area contributed by atoms with Crippen LogP contribution in [-0.4, -0.2) is 50.6 Å². The van der Waals surface area contributed by atoms with E-state index in [1.165, 1.54) is 0 Å². The van der Waals surface area contributed by atoms with Gasteiger partial charge < -0.3 is 14.1 Å². The van der Waals surface area contributed by atoms with Crippen LogP contribution in [0.3, 0.4) is 0 Å². The van der Waals surface area contributed by atoms with E-state index in [4.69, 9.17) is 14.7 Å². The van der Waals surface area contributed by atoms with Crippen LogP contribution in [-0.2, 0) is 9.16 Å². The molecule has 1 heterocycles. The van der Waals surface area contributed by atoms with Gasteiger partial charge in [0.25, 0.3) is 0 Å². The summed E-state index contributed by atoms with van der Waals surface area (Å²) in [5.74, 6) is -0.00806. The molecule has 1 amide bonds. The largest absolute Gasteiger partial charge is 0.444 e. The van der Waals surface area contributed by atoms with Crippen molar-refractivity contribution in [2.45, 2.75) is 77.8 Å². The Labute approximate surface area is 152 Å². The average molecular weight is 371 g/mol. The summed E-state index contributed by atoms with van der Waals surface area (Å²) in [5, 5.41) is 3.85. The van der Waals surface area contributed by atoms with Gasteiger partial charge in [-0.1, -0.05) is 25.9 Å². The Hall–Kier alpha value is -1.24. The van der Waals surface area contributed by atoms with E-state index in [2.05, 4.69) is 43.9 Å². The first kappa shape index (κ1) is 21.8. The molecule has 8 heteroatoms. The number of nitrogens with zero attached hydrogens (tertiary/aromatic N) is 4. The van der Waals surface area contributed by atoms with Gasteiger partial charge in [0, 0.05) is 30.5 Å². The highest BCUT2D eigenvalue weighted by atomic mass is 28.4. The van der Waals surface area contributed by atoms with Crippen LogP contribution in [0.1, 0.15) is 48.0 Å². The van der Waals surface area contributed by atoms with Crippen molar-refractivity contribution < 1.29 is 14.0 Å². The first-order valence-corrected chi connectivity index (χ1v) is 11.8. The molecule has 0 N–H and O–H groups in total. The van der Waals surface area contributed by atoms with E-state index in [0.717, 1.165) is 6.42 Å². The molecule has 1 aliphatic rings. The third kappa shape index (κ3) is 6.53. The molecule has 0 aromatic carbocycles. The summed E-state index contributed by atoms with van der Waals surface area (Å²) >= 11 is 0. The maximum absolute atomic E-state index is 12.4. The second-order valence-corrected chi connectivity index (χ2v) is 14.1. The van der Waals surface area contributed by atoms with Gasteiger partial charge in [0.1, 0.15) is 5.60 Å². The van der Waals surface area contributed by atoms with E-state index in [1.54, 1.807) is 4.90 Å². The van der Waals surface area contributed by atoms with Crippen molar-refractivity contribution in [1.29, 1.82) is 0 Å². The van der Waals surface area contributed by atoms with Crippen molar-refractivity contribution in [3.05, 3.63) is 10.4 Å². The highest BCUT2D eigenvalue weighted by Crippen LogP contribution is 2.39. The minimum absolute atomic E-state index is 0.00470. The zero-order valence-electron chi connectivity index (χ0n) is 17.0. The number of azide groups is 1. The van der Waals surface area contributed by atoms with Gasteiger partial charge in [0.2, 0.25) is 0 Å². The number of likely N-dealkylation sites (tertiary alicyclic amines) is 1. The molecule has 1 aliphatic heterocycles. The Kier molecular flexibility index (Phi) is 6.95. The summed E-state index contributed by atoms with van der Waals surface area (Å²) in [7, 11) is -1.93. The standard InChI is InChI=1S/C17H34N4O3Si/c1-16(2,3)23-15(22)21-10-9-14(13(12-21)11-19-20-18)24-25(7,8)17(4,5)6/h13-14H,9-12H2,1-8H3/t13?,14-/m0/s1. The number of piperidine rings is 1. The quantitative estimate of drug-likeness (QED) is 0.304. The molecule has 1 rings (SSSR count).